The zero-order valence-corrected chi connectivity index (χ0v) is 9.21. The predicted octanol–water partition coefficient (Wildman–Crippen LogP) is 1.70. The molecule has 0 aromatic rings. The molecule has 1 aliphatic carbocycles. The van der Waals surface area contributed by atoms with Crippen molar-refractivity contribution >= 4 is 0 Å². The molecule has 0 aromatic heterocycles. The van der Waals surface area contributed by atoms with E-state index in [-0.39, 0.29) is 0 Å². The SMILES string of the molecule is CC1=C(C2CC2)CNC(C)C1CCO. The van der Waals surface area contributed by atoms with Crippen LogP contribution in [0.3, 0.4) is 0 Å². The average molecular weight is 195 g/mol. The van der Waals surface area contributed by atoms with Crippen molar-refractivity contribution < 1.29 is 5.11 Å². The van der Waals surface area contributed by atoms with Crippen molar-refractivity contribution in [3.05, 3.63) is 11.1 Å². The molecule has 1 saturated carbocycles. The molecule has 1 fully saturated rings. The Morgan fingerprint density at radius 1 is 1.43 bits per heavy atom. The van der Waals surface area contributed by atoms with Gasteiger partial charge in [-0.3, -0.25) is 0 Å². The van der Waals surface area contributed by atoms with Gasteiger partial charge in [-0.1, -0.05) is 11.1 Å². The van der Waals surface area contributed by atoms with E-state index in [0.717, 1.165) is 18.9 Å². The Balaban J connectivity index is 2.14. The summed E-state index contributed by atoms with van der Waals surface area (Å²) in [6, 6.07) is 0.532. The highest BCUT2D eigenvalue weighted by Gasteiger charge is 2.33. The predicted molar refractivity (Wildman–Crippen MR) is 58.1 cm³/mol. The number of nitrogens with one attached hydrogen (secondary N) is 1. The fraction of sp³-hybridized carbons (Fsp3) is 0.833. The van der Waals surface area contributed by atoms with Gasteiger partial charge in [0.1, 0.15) is 0 Å². The van der Waals surface area contributed by atoms with Crippen LogP contribution in [-0.2, 0) is 0 Å². The lowest BCUT2D eigenvalue weighted by Crippen LogP contribution is -2.41. The fourth-order valence-electron chi connectivity index (χ4n) is 2.67. The number of hydrogen-bond donors (Lipinski definition) is 2. The normalized spacial score (nSPS) is 33.6. The zero-order chi connectivity index (χ0) is 10.1. The smallest absolute Gasteiger partial charge is 0.0437 e. The van der Waals surface area contributed by atoms with Crippen LogP contribution in [0.5, 0.6) is 0 Å². The summed E-state index contributed by atoms with van der Waals surface area (Å²) in [4.78, 5) is 0. The van der Waals surface area contributed by atoms with Gasteiger partial charge in [-0.05, 0) is 44.9 Å². The summed E-state index contributed by atoms with van der Waals surface area (Å²) in [7, 11) is 0. The third-order valence-corrected chi connectivity index (χ3v) is 3.79. The second-order valence-corrected chi connectivity index (χ2v) is 4.77. The van der Waals surface area contributed by atoms with Gasteiger partial charge in [0.05, 0.1) is 0 Å². The monoisotopic (exact) mass is 195 g/mol. The second-order valence-electron chi connectivity index (χ2n) is 4.77. The molecule has 1 heterocycles. The van der Waals surface area contributed by atoms with Crippen LogP contribution in [0.4, 0.5) is 0 Å². The maximum absolute atomic E-state index is 9.04. The van der Waals surface area contributed by atoms with Gasteiger partial charge in [-0.25, -0.2) is 0 Å². The lowest BCUT2D eigenvalue weighted by Gasteiger charge is -2.33. The van der Waals surface area contributed by atoms with Gasteiger partial charge >= 0.3 is 0 Å². The van der Waals surface area contributed by atoms with Gasteiger partial charge in [0.15, 0.2) is 0 Å². The molecular formula is C12H21NO. The van der Waals surface area contributed by atoms with Crippen LogP contribution >= 0.6 is 0 Å². The van der Waals surface area contributed by atoms with E-state index in [9.17, 15) is 0 Å². The zero-order valence-electron chi connectivity index (χ0n) is 9.21. The van der Waals surface area contributed by atoms with Gasteiger partial charge in [0, 0.05) is 19.2 Å². The van der Waals surface area contributed by atoms with Crippen LogP contribution in [-0.4, -0.2) is 24.3 Å². The quantitative estimate of drug-likeness (QED) is 0.672. The molecule has 0 aromatic carbocycles. The van der Waals surface area contributed by atoms with Gasteiger partial charge in [0.2, 0.25) is 0 Å². The molecule has 2 heteroatoms. The first-order valence-corrected chi connectivity index (χ1v) is 5.77. The van der Waals surface area contributed by atoms with Crippen LogP contribution in [0.15, 0.2) is 11.1 Å². The van der Waals surface area contributed by atoms with Crippen LogP contribution in [0.1, 0.15) is 33.1 Å². The molecule has 0 saturated heterocycles. The first-order valence-electron chi connectivity index (χ1n) is 5.77. The Labute approximate surface area is 86.4 Å². The Morgan fingerprint density at radius 2 is 2.14 bits per heavy atom. The van der Waals surface area contributed by atoms with Gasteiger partial charge in [0.25, 0.3) is 0 Å². The van der Waals surface area contributed by atoms with E-state index < -0.39 is 0 Å². The lowest BCUT2D eigenvalue weighted by atomic mass is 9.83. The first kappa shape index (κ1) is 10.2. The Morgan fingerprint density at radius 3 is 2.71 bits per heavy atom. The van der Waals surface area contributed by atoms with Crippen molar-refractivity contribution in [1.29, 1.82) is 0 Å². The summed E-state index contributed by atoms with van der Waals surface area (Å²) in [5.74, 6) is 1.43. The van der Waals surface area contributed by atoms with Crippen molar-refractivity contribution in [2.75, 3.05) is 13.2 Å². The fourth-order valence-corrected chi connectivity index (χ4v) is 2.67. The summed E-state index contributed by atoms with van der Waals surface area (Å²) in [6.45, 7) is 5.89. The molecule has 0 amide bonds. The maximum Gasteiger partial charge on any atom is 0.0437 e. The van der Waals surface area contributed by atoms with Crippen molar-refractivity contribution in [3.63, 3.8) is 0 Å². The largest absolute Gasteiger partial charge is 0.396 e. The van der Waals surface area contributed by atoms with Gasteiger partial charge < -0.3 is 10.4 Å². The molecule has 2 rings (SSSR count). The maximum atomic E-state index is 9.04. The van der Waals surface area contributed by atoms with Gasteiger partial charge in [-0.15, -0.1) is 0 Å². The van der Waals surface area contributed by atoms with E-state index in [4.69, 9.17) is 5.11 Å². The molecule has 0 radical (unpaired) electrons. The highest BCUT2D eigenvalue weighted by Crippen LogP contribution is 2.41. The third kappa shape index (κ3) is 1.86. The van der Waals surface area contributed by atoms with E-state index in [2.05, 4.69) is 19.2 Å². The average Bonchev–Trinajstić information content (AvgIpc) is 2.96. The molecule has 80 valence electrons. The topological polar surface area (TPSA) is 32.3 Å². The van der Waals surface area contributed by atoms with Crippen molar-refractivity contribution in [1.82, 2.24) is 5.32 Å². The molecule has 1 aliphatic heterocycles. The summed E-state index contributed by atoms with van der Waals surface area (Å²) < 4.78 is 0. The number of hydrogen-bond acceptors (Lipinski definition) is 2. The van der Waals surface area contributed by atoms with Crippen LogP contribution in [0.25, 0.3) is 0 Å². The Bertz CT molecular complexity index is 243. The van der Waals surface area contributed by atoms with E-state index in [0.29, 0.717) is 18.6 Å². The van der Waals surface area contributed by atoms with E-state index >= 15 is 0 Å². The molecule has 14 heavy (non-hydrogen) atoms. The second kappa shape index (κ2) is 4.03. The van der Waals surface area contributed by atoms with Crippen molar-refractivity contribution in [3.8, 4) is 0 Å². The lowest BCUT2D eigenvalue weighted by molar-refractivity contribution is 0.245. The minimum Gasteiger partial charge on any atom is -0.396 e. The molecular weight excluding hydrogens is 174 g/mol. The van der Waals surface area contributed by atoms with Crippen LogP contribution in [0, 0.1) is 11.8 Å². The molecule has 0 spiro atoms. The van der Waals surface area contributed by atoms with E-state index in [1.165, 1.54) is 12.8 Å². The molecule has 2 unspecified atom stereocenters. The summed E-state index contributed by atoms with van der Waals surface area (Å²) in [5.41, 5.74) is 3.20. The summed E-state index contributed by atoms with van der Waals surface area (Å²) in [6.07, 6.45) is 3.68. The molecule has 2 aliphatic rings. The minimum atomic E-state index is 0.311. The third-order valence-electron chi connectivity index (χ3n) is 3.79. The van der Waals surface area contributed by atoms with Gasteiger partial charge in [-0.2, -0.15) is 0 Å². The molecule has 2 atom stereocenters. The number of aliphatic hydroxyl groups excluding tert-OH is 1. The van der Waals surface area contributed by atoms with E-state index in [1.54, 1.807) is 11.1 Å². The van der Waals surface area contributed by atoms with Crippen molar-refractivity contribution in [2.45, 2.75) is 39.2 Å². The molecule has 0 bridgehead atoms. The minimum absolute atomic E-state index is 0.311. The van der Waals surface area contributed by atoms with Crippen LogP contribution in [0.2, 0.25) is 0 Å². The first-order chi connectivity index (χ1) is 6.74. The summed E-state index contributed by atoms with van der Waals surface area (Å²) >= 11 is 0. The highest BCUT2D eigenvalue weighted by molar-refractivity contribution is 5.26. The number of rotatable bonds is 3. The van der Waals surface area contributed by atoms with E-state index in [1.807, 2.05) is 0 Å². The molecule has 2 nitrogen and oxygen atoms in total. The molecule has 2 N–H and O–H groups in total. The number of aliphatic hydroxyl groups is 1. The Kier molecular flexibility index (Phi) is 2.93. The Hall–Kier alpha value is -0.340. The van der Waals surface area contributed by atoms with Crippen LogP contribution < -0.4 is 5.32 Å². The van der Waals surface area contributed by atoms with Crippen molar-refractivity contribution in [2.24, 2.45) is 11.8 Å². The standard InChI is InChI=1S/C12H21NO/c1-8-11(5-6-14)9(2)13-7-12(8)10-3-4-10/h9-11,13-14H,3-7H2,1-2H3. The summed E-state index contributed by atoms with van der Waals surface area (Å²) in [5, 5.41) is 12.6. The highest BCUT2D eigenvalue weighted by atomic mass is 16.3.